The van der Waals surface area contributed by atoms with E-state index in [1.165, 1.54) is 23.9 Å². The number of benzene rings is 1. The van der Waals surface area contributed by atoms with Gasteiger partial charge in [0.05, 0.1) is 22.2 Å². The van der Waals surface area contributed by atoms with Gasteiger partial charge in [-0.3, -0.25) is 9.78 Å². The highest BCUT2D eigenvalue weighted by molar-refractivity contribution is 6.06. The summed E-state index contributed by atoms with van der Waals surface area (Å²) in [5, 5.41) is 1.06. The SMILES string of the molecule is Cc1nccc2c1c(=O)n(C)c1cc(OC[C@@H](N)CC(C)C)c(C(F)(F)F)cc21. The van der Waals surface area contributed by atoms with Gasteiger partial charge in [-0.05, 0) is 36.8 Å². The molecule has 3 aromatic rings. The molecule has 0 spiro atoms. The van der Waals surface area contributed by atoms with Crippen molar-refractivity contribution >= 4 is 21.7 Å². The Bertz CT molecular complexity index is 1120. The number of nitrogens with zero attached hydrogens (tertiary/aromatic N) is 2. The minimum Gasteiger partial charge on any atom is -0.491 e. The van der Waals surface area contributed by atoms with Gasteiger partial charge in [-0.1, -0.05) is 13.8 Å². The first-order valence-electron chi connectivity index (χ1n) is 9.38. The minimum absolute atomic E-state index is 0.0443. The molecule has 1 atom stereocenters. The Hall–Kier alpha value is -2.61. The van der Waals surface area contributed by atoms with Crippen LogP contribution in [-0.4, -0.2) is 22.2 Å². The molecule has 5 nitrogen and oxygen atoms in total. The zero-order chi connectivity index (χ0) is 21.5. The molecular formula is C21H24F3N3O2. The van der Waals surface area contributed by atoms with Gasteiger partial charge in [0.2, 0.25) is 0 Å². The lowest BCUT2D eigenvalue weighted by Gasteiger charge is -2.20. The first-order chi connectivity index (χ1) is 13.5. The predicted molar refractivity (Wildman–Crippen MR) is 107 cm³/mol. The fourth-order valence-corrected chi connectivity index (χ4v) is 3.61. The van der Waals surface area contributed by atoms with Crippen LogP contribution in [0.3, 0.4) is 0 Å². The minimum atomic E-state index is -4.62. The third-order valence-corrected chi connectivity index (χ3v) is 4.94. The molecule has 8 heteroatoms. The molecule has 1 aromatic carbocycles. The van der Waals surface area contributed by atoms with Crippen molar-refractivity contribution in [2.75, 3.05) is 6.61 Å². The monoisotopic (exact) mass is 407 g/mol. The second kappa shape index (κ2) is 7.67. The van der Waals surface area contributed by atoms with E-state index in [1.807, 2.05) is 13.8 Å². The van der Waals surface area contributed by atoms with Crippen LogP contribution < -0.4 is 16.0 Å². The van der Waals surface area contributed by atoms with Gasteiger partial charge in [0.1, 0.15) is 12.4 Å². The lowest BCUT2D eigenvalue weighted by atomic mass is 10.0. The lowest BCUT2D eigenvalue weighted by molar-refractivity contribution is -0.138. The summed E-state index contributed by atoms with van der Waals surface area (Å²) in [5.74, 6) is -0.0272. The van der Waals surface area contributed by atoms with E-state index in [0.29, 0.717) is 39.7 Å². The molecule has 2 aromatic heterocycles. The number of halogens is 3. The van der Waals surface area contributed by atoms with E-state index in [1.54, 1.807) is 13.0 Å². The molecule has 2 N–H and O–H groups in total. The van der Waals surface area contributed by atoms with Crippen molar-refractivity contribution in [2.24, 2.45) is 18.7 Å². The quantitative estimate of drug-likeness (QED) is 0.645. The second-order valence-corrected chi connectivity index (χ2v) is 7.75. The number of aryl methyl sites for hydroxylation is 2. The van der Waals surface area contributed by atoms with E-state index < -0.39 is 11.7 Å². The number of ether oxygens (including phenoxy) is 1. The topological polar surface area (TPSA) is 70.1 Å². The number of nitrogens with two attached hydrogens (primary N) is 1. The van der Waals surface area contributed by atoms with Crippen LogP contribution in [0.5, 0.6) is 5.75 Å². The number of aromatic nitrogens is 2. The normalized spacial score (nSPS) is 13.4. The predicted octanol–water partition coefficient (Wildman–Crippen LogP) is 4.17. The van der Waals surface area contributed by atoms with Crippen molar-refractivity contribution in [1.82, 2.24) is 9.55 Å². The summed E-state index contributed by atoms with van der Waals surface area (Å²) < 4.78 is 48.2. The third-order valence-electron chi connectivity index (χ3n) is 4.94. The van der Waals surface area contributed by atoms with Crippen molar-refractivity contribution < 1.29 is 17.9 Å². The number of hydrogen-bond donors (Lipinski definition) is 1. The first kappa shape index (κ1) is 21.1. The van der Waals surface area contributed by atoms with Crippen LogP contribution in [0.4, 0.5) is 13.2 Å². The first-order valence-corrected chi connectivity index (χ1v) is 9.38. The van der Waals surface area contributed by atoms with Crippen LogP contribution >= 0.6 is 0 Å². The molecule has 0 unspecified atom stereocenters. The van der Waals surface area contributed by atoms with Crippen LogP contribution in [0.15, 0.2) is 29.2 Å². The zero-order valence-electron chi connectivity index (χ0n) is 16.8. The van der Waals surface area contributed by atoms with Crippen molar-refractivity contribution in [3.63, 3.8) is 0 Å². The van der Waals surface area contributed by atoms with Crippen molar-refractivity contribution in [2.45, 2.75) is 39.4 Å². The average Bonchev–Trinajstić information content (AvgIpc) is 2.62. The Balaban J connectivity index is 2.23. The highest BCUT2D eigenvalue weighted by Crippen LogP contribution is 2.40. The fourth-order valence-electron chi connectivity index (χ4n) is 3.61. The number of pyridine rings is 2. The molecule has 3 rings (SSSR count). The van der Waals surface area contributed by atoms with Gasteiger partial charge in [0.15, 0.2) is 0 Å². The van der Waals surface area contributed by atoms with Crippen LogP contribution in [-0.2, 0) is 13.2 Å². The Morgan fingerprint density at radius 2 is 1.93 bits per heavy atom. The lowest BCUT2D eigenvalue weighted by Crippen LogP contribution is -2.29. The maximum atomic E-state index is 13.8. The van der Waals surface area contributed by atoms with E-state index in [0.717, 1.165) is 6.07 Å². The number of rotatable bonds is 5. The molecule has 0 bridgehead atoms. The van der Waals surface area contributed by atoms with Crippen LogP contribution in [0.1, 0.15) is 31.5 Å². The van der Waals surface area contributed by atoms with Gasteiger partial charge in [0, 0.05) is 30.7 Å². The van der Waals surface area contributed by atoms with Gasteiger partial charge in [0.25, 0.3) is 5.56 Å². The Morgan fingerprint density at radius 3 is 2.55 bits per heavy atom. The summed E-state index contributed by atoms with van der Waals surface area (Å²) in [6.07, 6.45) is -2.50. The highest BCUT2D eigenvalue weighted by atomic mass is 19.4. The zero-order valence-corrected chi connectivity index (χ0v) is 16.8. The van der Waals surface area contributed by atoms with Crippen LogP contribution in [0.2, 0.25) is 0 Å². The van der Waals surface area contributed by atoms with Crippen molar-refractivity contribution in [1.29, 1.82) is 0 Å². The summed E-state index contributed by atoms with van der Waals surface area (Å²) in [5.41, 5.74) is 5.59. The summed E-state index contributed by atoms with van der Waals surface area (Å²) >= 11 is 0. The van der Waals surface area contributed by atoms with Crippen molar-refractivity contribution in [3.05, 3.63) is 46.0 Å². The molecule has 0 fully saturated rings. The van der Waals surface area contributed by atoms with Crippen LogP contribution in [0.25, 0.3) is 21.7 Å². The molecule has 29 heavy (non-hydrogen) atoms. The summed E-state index contributed by atoms with van der Waals surface area (Å²) in [6, 6.07) is 3.49. The smallest absolute Gasteiger partial charge is 0.419 e. The Morgan fingerprint density at radius 1 is 1.24 bits per heavy atom. The molecule has 156 valence electrons. The van der Waals surface area contributed by atoms with Gasteiger partial charge in [-0.25, -0.2) is 0 Å². The average molecular weight is 407 g/mol. The van der Waals surface area contributed by atoms with Gasteiger partial charge >= 0.3 is 6.18 Å². The molecule has 0 amide bonds. The van der Waals surface area contributed by atoms with Gasteiger partial charge in [-0.2, -0.15) is 13.2 Å². The fraction of sp³-hybridized carbons (Fsp3) is 0.429. The third kappa shape index (κ3) is 4.07. The largest absolute Gasteiger partial charge is 0.491 e. The maximum Gasteiger partial charge on any atom is 0.419 e. The molecule has 2 heterocycles. The number of alkyl halides is 3. The summed E-state index contributed by atoms with van der Waals surface area (Å²) in [4.78, 5) is 16.9. The van der Waals surface area contributed by atoms with E-state index >= 15 is 0 Å². The van der Waals surface area contributed by atoms with E-state index in [9.17, 15) is 18.0 Å². The van der Waals surface area contributed by atoms with Crippen molar-refractivity contribution in [3.8, 4) is 5.75 Å². The Kier molecular flexibility index (Phi) is 5.58. The van der Waals surface area contributed by atoms with E-state index in [4.69, 9.17) is 10.5 Å². The number of hydrogen-bond acceptors (Lipinski definition) is 4. The van der Waals surface area contributed by atoms with Crippen LogP contribution in [0, 0.1) is 12.8 Å². The van der Waals surface area contributed by atoms with E-state index in [-0.39, 0.29) is 24.0 Å². The molecule has 0 radical (unpaired) electrons. The Labute approximate surface area is 166 Å². The molecule has 0 saturated heterocycles. The standard InChI is InChI=1S/C21H24F3N3O2/c1-11(2)7-13(25)10-29-18-9-17-15(8-16(18)21(22,23)24)14-5-6-26-12(3)19(14)20(28)27(17)4/h5-6,8-9,11,13H,7,10,25H2,1-4H3/t13-/m0/s1. The second-order valence-electron chi connectivity index (χ2n) is 7.75. The van der Waals surface area contributed by atoms with Gasteiger partial charge < -0.3 is 15.0 Å². The van der Waals surface area contributed by atoms with E-state index in [2.05, 4.69) is 4.98 Å². The molecule has 0 aliphatic carbocycles. The highest BCUT2D eigenvalue weighted by Gasteiger charge is 2.35. The molecular weight excluding hydrogens is 383 g/mol. The maximum absolute atomic E-state index is 13.8. The van der Waals surface area contributed by atoms with Gasteiger partial charge in [-0.15, -0.1) is 0 Å². The summed E-state index contributed by atoms with van der Waals surface area (Å²) in [7, 11) is 1.53. The summed E-state index contributed by atoms with van der Waals surface area (Å²) in [6.45, 7) is 5.58. The number of fused-ring (bicyclic) bond motifs is 3. The molecule has 0 aliphatic heterocycles. The molecule has 0 aliphatic rings. The molecule has 0 saturated carbocycles.